The molecular formula is C14H20N2O4. The second kappa shape index (κ2) is 9.06. The fourth-order valence-corrected chi connectivity index (χ4v) is 1.41. The molecule has 0 atom stereocenters. The van der Waals surface area contributed by atoms with Crippen LogP contribution in [0.3, 0.4) is 0 Å². The van der Waals surface area contributed by atoms with Crippen molar-refractivity contribution in [1.29, 1.82) is 0 Å². The Kier molecular flexibility index (Phi) is 7.31. The number of nitrogens with one attached hydrogen (secondary N) is 2. The normalized spacial score (nSPS) is 10.1. The van der Waals surface area contributed by atoms with E-state index in [0.29, 0.717) is 18.8 Å². The Labute approximate surface area is 118 Å². The first-order valence-electron chi connectivity index (χ1n) is 6.36. The Morgan fingerprint density at radius 3 is 2.50 bits per heavy atom. The zero-order chi connectivity index (χ0) is 14.8. The van der Waals surface area contributed by atoms with Crippen LogP contribution in [0.15, 0.2) is 24.3 Å². The molecule has 0 aromatic heterocycles. The van der Waals surface area contributed by atoms with Gasteiger partial charge in [-0.25, -0.2) is 0 Å². The lowest BCUT2D eigenvalue weighted by atomic mass is 10.2. The molecule has 0 aliphatic carbocycles. The number of hydrogen-bond donors (Lipinski definition) is 2. The predicted molar refractivity (Wildman–Crippen MR) is 75.3 cm³/mol. The van der Waals surface area contributed by atoms with E-state index < -0.39 is 0 Å². The second-order valence-electron chi connectivity index (χ2n) is 4.18. The van der Waals surface area contributed by atoms with E-state index in [1.54, 1.807) is 24.3 Å². The highest BCUT2D eigenvalue weighted by Crippen LogP contribution is 2.10. The van der Waals surface area contributed by atoms with Gasteiger partial charge in [0.2, 0.25) is 5.91 Å². The third kappa shape index (κ3) is 6.86. The van der Waals surface area contributed by atoms with Gasteiger partial charge in [-0.2, -0.15) is 0 Å². The zero-order valence-electron chi connectivity index (χ0n) is 11.8. The number of ether oxygens (including phenoxy) is 2. The van der Waals surface area contributed by atoms with Gasteiger partial charge in [0.15, 0.2) is 0 Å². The molecule has 0 aliphatic heterocycles. The van der Waals surface area contributed by atoms with Crippen LogP contribution in [-0.4, -0.2) is 38.7 Å². The molecule has 0 spiro atoms. The fourth-order valence-electron chi connectivity index (χ4n) is 1.41. The first-order chi connectivity index (χ1) is 9.61. The highest BCUT2D eigenvalue weighted by Gasteiger charge is 2.03. The smallest absolute Gasteiger partial charge is 0.302 e. The molecule has 0 radical (unpaired) electrons. The zero-order valence-corrected chi connectivity index (χ0v) is 11.8. The summed E-state index contributed by atoms with van der Waals surface area (Å²) in [5.41, 5.74) is 1.54. The van der Waals surface area contributed by atoms with E-state index in [2.05, 4.69) is 10.6 Å². The molecule has 1 aromatic rings. The van der Waals surface area contributed by atoms with Crippen molar-refractivity contribution in [2.24, 2.45) is 0 Å². The van der Waals surface area contributed by atoms with E-state index in [9.17, 15) is 9.59 Å². The van der Waals surface area contributed by atoms with Crippen LogP contribution >= 0.6 is 0 Å². The summed E-state index contributed by atoms with van der Waals surface area (Å²) < 4.78 is 10.0. The molecule has 1 rings (SSSR count). The molecule has 0 saturated heterocycles. The van der Waals surface area contributed by atoms with Crippen LogP contribution < -0.4 is 10.6 Å². The van der Waals surface area contributed by atoms with Gasteiger partial charge in [0, 0.05) is 19.2 Å². The number of carbonyl (C=O) groups excluding carboxylic acids is 2. The molecule has 0 fully saturated rings. The number of rotatable bonds is 8. The number of benzene rings is 1. The van der Waals surface area contributed by atoms with Crippen molar-refractivity contribution in [2.75, 3.05) is 32.1 Å². The van der Waals surface area contributed by atoms with Gasteiger partial charge in [-0.3, -0.25) is 9.59 Å². The monoisotopic (exact) mass is 280 g/mol. The fraction of sp³-hybridized carbons (Fsp3) is 0.429. The lowest BCUT2D eigenvalue weighted by Crippen LogP contribution is -2.21. The number of carbonyl (C=O) groups is 2. The summed E-state index contributed by atoms with van der Waals surface area (Å²) in [5.74, 6) is -0.519. The van der Waals surface area contributed by atoms with Crippen molar-refractivity contribution in [3.05, 3.63) is 29.8 Å². The molecule has 0 heterocycles. The van der Waals surface area contributed by atoms with Gasteiger partial charge in [0.25, 0.3) is 0 Å². The second-order valence-corrected chi connectivity index (χ2v) is 4.18. The number of anilines is 1. The summed E-state index contributed by atoms with van der Waals surface area (Å²) in [7, 11) is 1.82. The van der Waals surface area contributed by atoms with Gasteiger partial charge in [-0.15, -0.1) is 0 Å². The predicted octanol–water partition coefficient (Wildman–Crippen LogP) is 0.924. The molecule has 0 aliphatic rings. The molecule has 0 unspecified atom stereocenters. The first-order valence-corrected chi connectivity index (χ1v) is 6.36. The topological polar surface area (TPSA) is 76.7 Å². The molecular weight excluding hydrogens is 260 g/mol. The van der Waals surface area contributed by atoms with Gasteiger partial charge in [-0.05, 0) is 24.7 Å². The molecule has 6 heteroatoms. The maximum atomic E-state index is 11.5. The Bertz CT molecular complexity index is 431. The lowest BCUT2D eigenvalue weighted by Gasteiger charge is -2.07. The summed E-state index contributed by atoms with van der Waals surface area (Å²) in [4.78, 5) is 22.2. The van der Waals surface area contributed by atoms with E-state index in [0.717, 1.165) is 5.56 Å². The largest absolute Gasteiger partial charge is 0.461 e. The average Bonchev–Trinajstić information content (AvgIpc) is 2.43. The van der Waals surface area contributed by atoms with Crippen LogP contribution in [-0.2, 0) is 25.7 Å². The van der Waals surface area contributed by atoms with E-state index in [1.165, 1.54) is 6.92 Å². The van der Waals surface area contributed by atoms with Crippen molar-refractivity contribution in [1.82, 2.24) is 5.32 Å². The SMILES string of the molecule is CNCCOCC(=O)Nc1ccc(COC(C)=O)cc1. The Balaban J connectivity index is 2.33. The van der Waals surface area contributed by atoms with Crippen LogP contribution in [0.1, 0.15) is 12.5 Å². The molecule has 110 valence electrons. The Morgan fingerprint density at radius 1 is 1.20 bits per heavy atom. The number of esters is 1. The highest BCUT2D eigenvalue weighted by molar-refractivity contribution is 5.91. The van der Waals surface area contributed by atoms with Crippen molar-refractivity contribution in [2.45, 2.75) is 13.5 Å². The summed E-state index contributed by atoms with van der Waals surface area (Å²) >= 11 is 0. The minimum Gasteiger partial charge on any atom is -0.461 e. The van der Waals surface area contributed by atoms with E-state index in [-0.39, 0.29) is 25.1 Å². The Hall–Kier alpha value is -1.92. The maximum Gasteiger partial charge on any atom is 0.302 e. The third-order valence-corrected chi connectivity index (χ3v) is 2.41. The third-order valence-electron chi connectivity index (χ3n) is 2.41. The molecule has 2 N–H and O–H groups in total. The first kappa shape index (κ1) is 16.1. The van der Waals surface area contributed by atoms with Gasteiger partial charge in [0.05, 0.1) is 6.61 Å². The van der Waals surface area contributed by atoms with Crippen molar-refractivity contribution < 1.29 is 19.1 Å². The molecule has 0 saturated carbocycles. The summed E-state index contributed by atoms with van der Waals surface area (Å²) in [5, 5.41) is 5.64. The van der Waals surface area contributed by atoms with Crippen LogP contribution in [0.25, 0.3) is 0 Å². The number of amides is 1. The Morgan fingerprint density at radius 2 is 1.90 bits per heavy atom. The van der Waals surface area contributed by atoms with Gasteiger partial charge in [0.1, 0.15) is 13.2 Å². The molecule has 20 heavy (non-hydrogen) atoms. The van der Waals surface area contributed by atoms with Gasteiger partial charge < -0.3 is 20.1 Å². The van der Waals surface area contributed by atoms with E-state index >= 15 is 0 Å². The quantitative estimate of drug-likeness (QED) is 0.547. The summed E-state index contributed by atoms with van der Waals surface area (Å²) in [6.07, 6.45) is 0. The van der Waals surface area contributed by atoms with Crippen LogP contribution in [0.4, 0.5) is 5.69 Å². The minimum atomic E-state index is -0.318. The van der Waals surface area contributed by atoms with E-state index in [1.807, 2.05) is 7.05 Å². The molecule has 0 bridgehead atoms. The number of likely N-dealkylation sites (N-methyl/N-ethyl adjacent to an activating group) is 1. The summed E-state index contributed by atoms with van der Waals surface area (Å²) in [6, 6.07) is 7.09. The molecule has 1 amide bonds. The van der Waals surface area contributed by atoms with Crippen LogP contribution in [0, 0.1) is 0 Å². The minimum absolute atomic E-state index is 0.0247. The maximum absolute atomic E-state index is 11.5. The van der Waals surface area contributed by atoms with Gasteiger partial charge in [-0.1, -0.05) is 12.1 Å². The van der Waals surface area contributed by atoms with Crippen LogP contribution in [0.5, 0.6) is 0 Å². The van der Waals surface area contributed by atoms with Crippen molar-refractivity contribution >= 4 is 17.6 Å². The van der Waals surface area contributed by atoms with Crippen LogP contribution in [0.2, 0.25) is 0 Å². The van der Waals surface area contributed by atoms with Crippen molar-refractivity contribution in [3.63, 3.8) is 0 Å². The molecule has 6 nitrogen and oxygen atoms in total. The summed E-state index contributed by atoms with van der Waals surface area (Å²) in [6.45, 7) is 2.82. The van der Waals surface area contributed by atoms with E-state index in [4.69, 9.17) is 9.47 Å². The van der Waals surface area contributed by atoms with Gasteiger partial charge >= 0.3 is 5.97 Å². The number of hydrogen-bond acceptors (Lipinski definition) is 5. The van der Waals surface area contributed by atoms with Crippen molar-refractivity contribution in [3.8, 4) is 0 Å². The highest BCUT2D eigenvalue weighted by atomic mass is 16.5. The standard InChI is InChI=1S/C14H20N2O4/c1-11(17)20-9-12-3-5-13(6-4-12)16-14(18)10-19-8-7-15-2/h3-6,15H,7-10H2,1-2H3,(H,16,18). The average molecular weight is 280 g/mol. The lowest BCUT2D eigenvalue weighted by molar-refractivity contribution is -0.142. The molecule has 1 aromatic carbocycles.